The maximum atomic E-state index is 11.9. The fourth-order valence-electron chi connectivity index (χ4n) is 1.57. The number of carbonyl (C=O) groups is 1. The first-order valence-electron chi connectivity index (χ1n) is 6.93. The van der Waals surface area contributed by atoms with Crippen molar-refractivity contribution in [3.05, 3.63) is 0 Å². The van der Waals surface area contributed by atoms with E-state index in [-0.39, 0.29) is 12.5 Å². The first-order chi connectivity index (χ1) is 8.88. The number of halogens is 3. The van der Waals surface area contributed by atoms with Crippen LogP contribution in [-0.4, -0.2) is 54.6 Å². The molecule has 0 N–H and O–H groups in total. The number of alkyl halides is 3. The molecule has 0 unspecified atom stereocenters. The van der Waals surface area contributed by atoms with Crippen LogP contribution in [0.4, 0.5) is 13.2 Å². The summed E-state index contributed by atoms with van der Waals surface area (Å²) in [5.74, 6) is -0.00882. The van der Waals surface area contributed by atoms with Crippen molar-refractivity contribution < 1.29 is 18.0 Å². The van der Waals surface area contributed by atoms with Crippen molar-refractivity contribution in [2.24, 2.45) is 0 Å². The van der Waals surface area contributed by atoms with Gasteiger partial charge in [-0.2, -0.15) is 13.2 Å². The van der Waals surface area contributed by atoms with Crippen molar-refractivity contribution >= 4 is 5.91 Å². The second-order valence-corrected chi connectivity index (χ2v) is 3.71. The van der Waals surface area contributed by atoms with Crippen molar-refractivity contribution in [3.63, 3.8) is 0 Å². The topological polar surface area (TPSA) is 23.6 Å². The highest BCUT2D eigenvalue weighted by Crippen LogP contribution is 2.20. The zero-order valence-electron chi connectivity index (χ0n) is 12.7. The highest BCUT2D eigenvalue weighted by molar-refractivity contribution is 5.73. The molecule has 1 amide bonds. The van der Waals surface area contributed by atoms with Gasteiger partial charge in [0.05, 0.1) is 6.42 Å². The van der Waals surface area contributed by atoms with Crippen LogP contribution in [-0.2, 0) is 4.79 Å². The minimum Gasteiger partial charge on any atom is -0.340 e. The standard InChI is InChI=1S/C9H15F3N2O.2C2H6/c1-8(15)14-6-4-13(5-7-14)3-2-9(10,11)12;2*1-2/h2-7H2,1H3;2*1-2H3. The Labute approximate surface area is 114 Å². The minimum absolute atomic E-state index is 0.00882. The molecule has 1 rings (SSSR count). The average Bonchev–Trinajstić information content (AvgIpc) is 2.41. The molecule has 0 spiro atoms. The first kappa shape index (κ1) is 20.5. The lowest BCUT2D eigenvalue weighted by Gasteiger charge is -2.34. The van der Waals surface area contributed by atoms with Crippen molar-refractivity contribution in [2.75, 3.05) is 32.7 Å². The van der Waals surface area contributed by atoms with Gasteiger partial charge in [-0.15, -0.1) is 0 Å². The molecule has 1 aliphatic heterocycles. The fraction of sp³-hybridized carbons (Fsp3) is 0.923. The van der Waals surface area contributed by atoms with Crippen LogP contribution in [0.5, 0.6) is 0 Å². The smallest absolute Gasteiger partial charge is 0.340 e. The lowest BCUT2D eigenvalue weighted by molar-refractivity contribution is -0.141. The number of rotatable bonds is 2. The van der Waals surface area contributed by atoms with E-state index in [4.69, 9.17) is 0 Å². The van der Waals surface area contributed by atoms with E-state index >= 15 is 0 Å². The number of amides is 1. The highest BCUT2D eigenvalue weighted by atomic mass is 19.4. The van der Waals surface area contributed by atoms with Gasteiger partial charge >= 0.3 is 6.18 Å². The molecule has 0 bridgehead atoms. The molecule has 19 heavy (non-hydrogen) atoms. The van der Waals surface area contributed by atoms with Crippen LogP contribution in [0.3, 0.4) is 0 Å². The summed E-state index contributed by atoms with van der Waals surface area (Å²) in [7, 11) is 0. The van der Waals surface area contributed by atoms with Crippen LogP contribution >= 0.6 is 0 Å². The van der Waals surface area contributed by atoms with E-state index in [1.165, 1.54) is 6.92 Å². The van der Waals surface area contributed by atoms with Crippen molar-refractivity contribution in [1.82, 2.24) is 9.80 Å². The minimum atomic E-state index is -4.09. The first-order valence-corrected chi connectivity index (χ1v) is 6.93. The normalized spacial score (nSPS) is 15.9. The highest BCUT2D eigenvalue weighted by Gasteiger charge is 2.28. The molecule has 0 aliphatic carbocycles. The van der Waals surface area contributed by atoms with Gasteiger partial charge < -0.3 is 4.90 Å². The van der Waals surface area contributed by atoms with Gasteiger partial charge in [-0.05, 0) is 0 Å². The van der Waals surface area contributed by atoms with Crippen LogP contribution in [0.1, 0.15) is 41.0 Å². The van der Waals surface area contributed by atoms with E-state index in [0.29, 0.717) is 26.2 Å². The Bertz CT molecular complexity index is 224. The van der Waals surface area contributed by atoms with Crippen LogP contribution in [0.25, 0.3) is 0 Å². The predicted octanol–water partition coefficient (Wildman–Crippen LogP) is 3.16. The summed E-state index contributed by atoms with van der Waals surface area (Å²) < 4.78 is 35.8. The molecule has 0 aromatic carbocycles. The molecule has 0 aromatic rings. The molecule has 0 aromatic heterocycles. The molecular weight excluding hydrogens is 257 g/mol. The van der Waals surface area contributed by atoms with Crippen LogP contribution in [0.15, 0.2) is 0 Å². The lowest BCUT2D eigenvalue weighted by Crippen LogP contribution is -2.48. The van der Waals surface area contributed by atoms with Gasteiger partial charge in [0.15, 0.2) is 0 Å². The zero-order valence-corrected chi connectivity index (χ0v) is 12.7. The number of nitrogens with zero attached hydrogens (tertiary/aromatic N) is 2. The Morgan fingerprint density at radius 1 is 1.00 bits per heavy atom. The Hall–Kier alpha value is -0.780. The molecular formula is C13H27F3N2O. The Morgan fingerprint density at radius 3 is 1.74 bits per heavy atom. The summed E-state index contributed by atoms with van der Waals surface area (Å²) in [5, 5.41) is 0. The third kappa shape index (κ3) is 10.8. The predicted molar refractivity (Wildman–Crippen MR) is 72.1 cm³/mol. The van der Waals surface area contributed by atoms with E-state index in [2.05, 4.69) is 0 Å². The molecule has 1 heterocycles. The summed E-state index contributed by atoms with van der Waals surface area (Å²) in [4.78, 5) is 14.3. The van der Waals surface area contributed by atoms with Gasteiger partial charge in [-0.3, -0.25) is 9.69 Å². The van der Waals surface area contributed by atoms with Crippen molar-refractivity contribution in [3.8, 4) is 0 Å². The Balaban J connectivity index is 0. The van der Waals surface area contributed by atoms with E-state index in [1.54, 1.807) is 9.80 Å². The quantitative estimate of drug-likeness (QED) is 0.777. The van der Waals surface area contributed by atoms with Crippen LogP contribution < -0.4 is 0 Å². The monoisotopic (exact) mass is 284 g/mol. The van der Waals surface area contributed by atoms with Gasteiger partial charge in [0.2, 0.25) is 5.91 Å². The summed E-state index contributed by atoms with van der Waals surface area (Å²) in [6.45, 7) is 11.7. The van der Waals surface area contributed by atoms with E-state index in [9.17, 15) is 18.0 Å². The Kier molecular flexibility index (Phi) is 12.0. The van der Waals surface area contributed by atoms with Crippen LogP contribution in [0, 0.1) is 0 Å². The molecule has 0 atom stereocenters. The summed E-state index contributed by atoms with van der Waals surface area (Å²) >= 11 is 0. The maximum absolute atomic E-state index is 11.9. The van der Waals surface area contributed by atoms with E-state index < -0.39 is 12.6 Å². The molecule has 116 valence electrons. The third-order valence-corrected chi connectivity index (χ3v) is 2.53. The summed E-state index contributed by atoms with van der Waals surface area (Å²) in [6.07, 6.45) is -4.86. The van der Waals surface area contributed by atoms with Gasteiger partial charge in [0.1, 0.15) is 0 Å². The second kappa shape index (κ2) is 11.1. The fourth-order valence-corrected chi connectivity index (χ4v) is 1.57. The number of carbonyl (C=O) groups excluding carboxylic acids is 1. The summed E-state index contributed by atoms with van der Waals surface area (Å²) in [5.41, 5.74) is 0. The maximum Gasteiger partial charge on any atom is 0.390 e. The SMILES string of the molecule is CC.CC.CC(=O)N1CCN(CCC(F)(F)F)CC1. The van der Waals surface area contributed by atoms with Gasteiger partial charge in [0, 0.05) is 39.6 Å². The number of hydrogen-bond donors (Lipinski definition) is 0. The van der Waals surface area contributed by atoms with Gasteiger partial charge in [-0.25, -0.2) is 0 Å². The number of piperazine rings is 1. The summed E-state index contributed by atoms with van der Waals surface area (Å²) in [6, 6.07) is 0. The largest absolute Gasteiger partial charge is 0.390 e. The van der Waals surface area contributed by atoms with E-state index in [0.717, 1.165) is 0 Å². The lowest BCUT2D eigenvalue weighted by atomic mass is 10.3. The van der Waals surface area contributed by atoms with Gasteiger partial charge in [0.25, 0.3) is 0 Å². The van der Waals surface area contributed by atoms with Gasteiger partial charge in [-0.1, -0.05) is 27.7 Å². The molecule has 1 saturated heterocycles. The molecule has 0 saturated carbocycles. The van der Waals surface area contributed by atoms with Crippen LogP contribution in [0.2, 0.25) is 0 Å². The van der Waals surface area contributed by atoms with Crippen molar-refractivity contribution in [1.29, 1.82) is 0 Å². The Morgan fingerprint density at radius 2 is 1.42 bits per heavy atom. The average molecular weight is 284 g/mol. The molecule has 6 heteroatoms. The zero-order chi connectivity index (χ0) is 15.5. The number of hydrogen-bond acceptors (Lipinski definition) is 2. The molecule has 0 radical (unpaired) electrons. The van der Waals surface area contributed by atoms with Crippen molar-refractivity contribution in [2.45, 2.75) is 47.2 Å². The molecule has 3 nitrogen and oxygen atoms in total. The third-order valence-electron chi connectivity index (χ3n) is 2.53. The molecule has 1 fully saturated rings. The molecule has 1 aliphatic rings. The second-order valence-electron chi connectivity index (χ2n) is 3.71. The van der Waals surface area contributed by atoms with E-state index in [1.807, 2.05) is 27.7 Å².